The SMILES string of the molecule is CCCC[NH+](C)CCOc1ccc(C(=O)[O-])cc1. The largest absolute Gasteiger partial charge is 0.545 e. The van der Waals surface area contributed by atoms with Crippen LogP contribution < -0.4 is 14.7 Å². The molecule has 1 unspecified atom stereocenters. The quantitative estimate of drug-likeness (QED) is 0.693. The second-order valence-corrected chi connectivity index (χ2v) is 4.47. The Morgan fingerprint density at radius 1 is 1.28 bits per heavy atom. The molecule has 1 aromatic rings. The van der Waals surface area contributed by atoms with Gasteiger partial charge in [-0.1, -0.05) is 13.3 Å². The van der Waals surface area contributed by atoms with Gasteiger partial charge in [0.25, 0.3) is 0 Å². The first-order valence-corrected chi connectivity index (χ1v) is 6.39. The molecule has 0 aliphatic heterocycles. The van der Waals surface area contributed by atoms with Crippen LogP contribution in [0.3, 0.4) is 0 Å². The minimum Gasteiger partial charge on any atom is -0.545 e. The maximum Gasteiger partial charge on any atom is 0.137 e. The third-order valence-electron chi connectivity index (χ3n) is 2.84. The number of hydrogen-bond donors (Lipinski definition) is 1. The van der Waals surface area contributed by atoms with Gasteiger partial charge < -0.3 is 19.5 Å². The number of carbonyl (C=O) groups excluding carboxylic acids is 1. The fourth-order valence-electron chi connectivity index (χ4n) is 1.63. The van der Waals surface area contributed by atoms with Gasteiger partial charge in [-0.2, -0.15) is 0 Å². The molecule has 0 saturated carbocycles. The average molecular weight is 251 g/mol. The van der Waals surface area contributed by atoms with Crippen molar-refractivity contribution >= 4 is 5.97 Å². The van der Waals surface area contributed by atoms with Crippen molar-refractivity contribution in [3.8, 4) is 5.75 Å². The molecule has 4 heteroatoms. The monoisotopic (exact) mass is 251 g/mol. The zero-order valence-corrected chi connectivity index (χ0v) is 11.1. The van der Waals surface area contributed by atoms with Gasteiger partial charge >= 0.3 is 0 Å². The number of rotatable bonds is 8. The van der Waals surface area contributed by atoms with Gasteiger partial charge in [-0.3, -0.25) is 0 Å². The highest BCUT2D eigenvalue weighted by Crippen LogP contribution is 2.11. The second kappa shape index (κ2) is 7.71. The third kappa shape index (κ3) is 5.19. The molecule has 0 amide bonds. The lowest BCUT2D eigenvalue weighted by molar-refractivity contribution is -0.879. The Morgan fingerprint density at radius 3 is 2.50 bits per heavy atom. The van der Waals surface area contributed by atoms with E-state index in [1.54, 1.807) is 12.1 Å². The lowest BCUT2D eigenvalue weighted by atomic mass is 10.2. The van der Waals surface area contributed by atoms with Crippen LogP contribution in [0, 0.1) is 0 Å². The number of quaternary nitrogens is 1. The minimum absolute atomic E-state index is 0.174. The van der Waals surface area contributed by atoms with Crippen molar-refractivity contribution in [3.63, 3.8) is 0 Å². The maximum absolute atomic E-state index is 10.6. The molecule has 0 radical (unpaired) electrons. The van der Waals surface area contributed by atoms with Crippen molar-refractivity contribution in [1.82, 2.24) is 0 Å². The Morgan fingerprint density at radius 2 is 1.94 bits per heavy atom. The molecule has 0 aromatic heterocycles. The van der Waals surface area contributed by atoms with Crippen molar-refractivity contribution < 1.29 is 19.5 Å². The zero-order valence-electron chi connectivity index (χ0n) is 11.1. The van der Waals surface area contributed by atoms with E-state index in [4.69, 9.17) is 4.74 Å². The first-order chi connectivity index (χ1) is 8.63. The van der Waals surface area contributed by atoms with Crippen LogP contribution in [0.2, 0.25) is 0 Å². The van der Waals surface area contributed by atoms with Gasteiger partial charge in [0.05, 0.1) is 19.6 Å². The van der Waals surface area contributed by atoms with Crippen LogP contribution in [0.25, 0.3) is 0 Å². The van der Waals surface area contributed by atoms with E-state index in [9.17, 15) is 9.90 Å². The maximum atomic E-state index is 10.6. The van der Waals surface area contributed by atoms with E-state index < -0.39 is 5.97 Å². The van der Waals surface area contributed by atoms with Crippen molar-refractivity contribution in [3.05, 3.63) is 29.8 Å². The van der Waals surface area contributed by atoms with E-state index in [-0.39, 0.29) is 5.56 Å². The standard InChI is InChI=1S/C14H21NO3/c1-3-4-9-15(2)10-11-18-13-7-5-12(6-8-13)14(16)17/h5-8H,3-4,9-11H2,1-2H3,(H,16,17). The highest BCUT2D eigenvalue weighted by atomic mass is 16.5. The molecule has 0 heterocycles. The van der Waals surface area contributed by atoms with Gasteiger partial charge in [-0.15, -0.1) is 0 Å². The van der Waals surface area contributed by atoms with Gasteiger partial charge in [0.2, 0.25) is 0 Å². The van der Waals surface area contributed by atoms with Crippen LogP contribution in [0.1, 0.15) is 30.1 Å². The first kappa shape index (κ1) is 14.5. The first-order valence-electron chi connectivity index (χ1n) is 6.39. The van der Waals surface area contributed by atoms with E-state index in [0.29, 0.717) is 12.4 Å². The van der Waals surface area contributed by atoms with Crippen LogP contribution in [-0.4, -0.2) is 32.7 Å². The molecule has 1 rings (SSSR count). The highest BCUT2D eigenvalue weighted by molar-refractivity contribution is 5.85. The number of carbonyl (C=O) groups is 1. The Bertz CT molecular complexity index is 362. The normalized spacial score (nSPS) is 12.1. The van der Waals surface area contributed by atoms with Crippen LogP contribution in [0.4, 0.5) is 0 Å². The third-order valence-corrected chi connectivity index (χ3v) is 2.84. The molecule has 0 aliphatic carbocycles. The predicted octanol–water partition coefficient (Wildman–Crippen LogP) is -0.256. The molecule has 18 heavy (non-hydrogen) atoms. The van der Waals surface area contributed by atoms with Crippen molar-refractivity contribution in [1.29, 1.82) is 0 Å². The number of aromatic carboxylic acids is 1. The highest BCUT2D eigenvalue weighted by Gasteiger charge is 2.01. The summed E-state index contributed by atoms with van der Waals surface area (Å²) in [5.74, 6) is -0.464. The molecule has 4 nitrogen and oxygen atoms in total. The molecule has 1 atom stereocenters. The van der Waals surface area contributed by atoms with Crippen LogP contribution >= 0.6 is 0 Å². The molecule has 0 saturated heterocycles. The van der Waals surface area contributed by atoms with Gasteiger partial charge in [-0.25, -0.2) is 0 Å². The number of hydrogen-bond acceptors (Lipinski definition) is 3. The summed E-state index contributed by atoms with van der Waals surface area (Å²) in [5, 5.41) is 10.6. The number of ether oxygens (including phenoxy) is 1. The summed E-state index contributed by atoms with van der Waals surface area (Å²) >= 11 is 0. The Labute approximate surface area is 108 Å². The molecule has 0 aliphatic rings. The summed E-state index contributed by atoms with van der Waals surface area (Å²) in [5.41, 5.74) is 0.174. The number of carboxylic acid groups (broad SMARTS) is 1. The van der Waals surface area contributed by atoms with Crippen LogP contribution in [0.5, 0.6) is 5.75 Å². The van der Waals surface area contributed by atoms with E-state index in [1.165, 1.54) is 29.9 Å². The molecule has 1 aromatic carbocycles. The molecule has 0 spiro atoms. The summed E-state index contributed by atoms with van der Waals surface area (Å²) in [6, 6.07) is 6.32. The lowest BCUT2D eigenvalue weighted by Gasteiger charge is -2.14. The van der Waals surface area contributed by atoms with Gasteiger partial charge in [0.1, 0.15) is 18.9 Å². The zero-order chi connectivity index (χ0) is 13.4. The molecule has 0 fully saturated rings. The smallest absolute Gasteiger partial charge is 0.137 e. The predicted molar refractivity (Wildman–Crippen MR) is 67.8 cm³/mol. The van der Waals surface area contributed by atoms with E-state index in [2.05, 4.69) is 14.0 Å². The average Bonchev–Trinajstić information content (AvgIpc) is 2.37. The minimum atomic E-state index is -1.16. The molecular weight excluding hydrogens is 230 g/mol. The summed E-state index contributed by atoms with van der Waals surface area (Å²) in [4.78, 5) is 12.0. The Balaban J connectivity index is 2.29. The van der Waals surface area contributed by atoms with E-state index in [0.717, 1.165) is 13.1 Å². The van der Waals surface area contributed by atoms with Gasteiger partial charge in [0.15, 0.2) is 0 Å². The summed E-state index contributed by atoms with van der Waals surface area (Å²) in [6.07, 6.45) is 2.44. The number of nitrogens with one attached hydrogen (secondary N) is 1. The molecule has 100 valence electrons. The molecule has 0 bridgehead atoms. The Kier molecular flexibility index (Phi) is 6.22. The fraction of sp³-hybridized carbons (Fsp3) is 0.500. The van der Waals surface area contributed by atoms with Crippen molar-refractivity contribution in [2.75, 3.05) is 26.7 Å². The summed E-state index contributed by atoms with van der Waals surface area (Å²) in [6.45, 7) is 4.93. The van der Waals surface area contributed by atoms with Crippen LogP contribution in [-0.2, 0) is 0 Å². The van der Waals surface area contributed by atoms with Crippen molar-refractivity contribution in [2.45, 2.75) is 19.8 Å². The molecular formula is C14H21NO3. The number of benzene rings is 1. The van der Waals surface area contributed by atoms with Crippen LogP contribution in [0.15, 0.2) is 24.3 Å². The second-order valence-electron chi connectivity index (χ2n) is 4.47. The fourth-order valence-corrected chi connectivity index (χ4v) is 1.63. The van der Waals surface area contributed by atoms with Gasteiger partial charge in [0, 0.05) is 0 Å². The number of likely N-dealkylation sites (N-methyl/N-ethyl adjacent to an activating group) is 1. The molecule has 1 N–H and O–H groups in total. The number of carboxylic acids is 1. The van der Waals surface area contributed by atoms with E-state index in [1.807, 2.05) is 0 Å². The Hall–Kier alpha value is -1.55. The topological polar surface area (TPSA) is 53.8 Å². The van der Waals surface area contributed by atoms with E-state index >= 15 is 0 Å². The number of unbranched alkanes of at least 4 members (excludes halogenated alkanes) is 1. The summed E-state index contributed by atoms with van der Waals surface area (Å²) in [7, 11) is 2.15. The van der Waals surface area contributed by atoms with Crippen molar-refractivity contribution in [2.24, 2.45) is 0 Å². The van der Waals surface area contributed by atoms with Gasteiger partial charge in [-0.05, 0) is 36.2 Å². The lowest BCUT2D eigenvalue weighted by Crippen LogP contribution is -3.09. The summed E-state index contributed by atoms with van der Waals surface area (Å²) < 4.78 is 5.56.